The number of hydrogen-bond acceptors (Lipinski definition) is 4. The van der Waals surface area contributed by atoms with Crippen molar-refractivity contribution in [2.24, 2.45) is 0 Å². The maximum atomic E-state index is 13.3. The highest BCUT2D eigenvalue weighted by atomic mass is 19.1. The number of rotatable bonds is 3. The van der Waals surface area contributed by atoms with Gasteiger partial charge in [0.15, 0.2) is 5.76 Å². The zero-order valence-electron chi connectivity index (χ0n) is 17.7. The number of nitrogens with zero attached hydrogens (tertiary/aromatic N) is 3. The number of hydrogen-bond donors (Lipinski definition) is 0. The van der Waals surface area contributed by atoms with Crippen molar-refractivity contribution in [2.75, 3.05) is 26.2 Å². The molecule has 0 saturated carbocycles. The van der Waals surface area contributed by atoms with Crippen LogP contribution in [0.5, 0.6) is 0 Å². The molecule has 0 bridgehead atoms. The van der Waals surface area contributed by atoms with Crippen molar-refractivity contribution in [1.82, 2.24) is 9.80 Å². The number of amides is 1. The summed E-state index contributed by atoms with van der Waals surface area (Å²) in [6.07, 6.45) is 0. The molecule has 0 radical (unpaired) electrons. The Balaban J connectivity index is 1.36. The van der Waals surface area contributed by atoms with E-state index in [0.717, 1.165) is 32.9 Å². The average Bonchev–Trinajstić information content (AvgIpc) is 3.17. The normalized spacial score (nSPS) is 15.7. The van der Waals surface area contributed by atoms with Crippen LogP contribution in [-0.2, 0) is 0 Å². The fourth-order valence-corrected chi connectivity index (χ4v) is 4.49. The van der Waals surface area contributed by atoms with Gasteiger partial charge in [-0.1, -0.05) is 48.5 Å². The summed E-state index contributed by atoms with van der Waals surface area (Å²) in [6, 6.07) is 19.9. The van der Waals surface area contributed by atoms with Crippen molar-refractivity contribution in [1.29, 1.82) is 5.26 Å². The van der Waals surface area contributed by atoms with Crippen molar-refractivity contribution >= 4 is 27.6 Å². The molecular formula is C26H22FN3O2. The quantitative estimate of drug-likeness (QED) is 0.459. The molecule has 2 heterocycles. The monoisotopic (exact) mass is 427 g/mol. The topological polar surface area (TPSA) is 60.5 Å². The molecule has 0 spiro atoms. The van der Waals surface area contributed by atoms with Crippen LogP contribution in [0.3, 0.4) is 0 Å². The minimum absolute atomic E-state index is 0.127. The van der Waals surface area contributed by atoms with E-state index in [9.17, 15) is 14.4 Å². The minimum Gasteiger partial charge on any atom is -0.450 e. The van der Waals surface area contributed by atoms with E-state index < -0.39 is 6.04 Å². The summed E-state index contributed by atoms with van der Waals surface area (Å²) in [6.45, 7) is 4.03. The molecule has 0 aliphatic carbocycles. The molecule has 4 aromatic rings. The van der Waals surface area contributed by atoms with Gasteiger partial charge < -0.3 is 9.32 Å². The van der Waals surface area contributed by atoms with E-state index >= 15 is 0 Å². The number of benzene rings is 3. The molecule has 1 fully saturated rings. The lowest BCUT2D eigenvalue weighted by molar-refractivity contribution is 0.0577. The minimum atomic E-state index is -0.466. The smallest absolute Gasteiger partial charge is 0.289 e. The van der Waals surface area contributed by atoms with Gasteiger partial charge in [-0.15, -0.1) is 0 Å². The van der Waals surface area contributed by atoms with Crippen LogP contribution >= 0.6 is 0 Å². The van der Waals surface area contributed by atoms with Gasteiger partial charge in [0, 0.05) is 42.5 Å². The van der Waals surface area contributed by atoms with Gasteiger partial charge in [0.1, 0.15) is 17.4 Å². The molecule has 6 heteroatoms. The largest absolute Gasteiger partial charge is 0.450 e. The van der Waals surface area contributed by atoms with E-state index in [4.69, 9.17) is 4.42 Å². The predicted molar refractivity (Wildman–Crippen MR) is 121 cm³/mol. The van der Waals surface area contributed by atoms with E-state index in [2.05, 4.69) is 6.07 Å². The van der Waals surface area contributed by atoms with Crippen molar-refractivity contribution in [3.63, 3.8) is 0 Å². The zero-order valence-corrected chi connectivity index (χ0v) is 17.7. The first kappa shape index (κ1) is 20.2. The van der Waals surface area contributed by atoms with Crippen molar-refractivity contribution in [3.05, 3.63) is 83.4 Å². The molecule has 1 saturated heterocycles. The molecule has 5 nitrogen and oxygen atoms in total. The van der Waals surface area contributed by atoms with Crippen LogP contribution in [0.25, 0.3) is 21.7 Å². The summed E-state index contributed by atoms with van der Waals surface area (Å²) in [7, 11) is 0. The van der Waals surface area contributed by atoms with Crippen molar-refractivity contribution in [3.8, 4) is 6.07 Å². The van der Waals surface area contributed by atoms with Crippen LogP contribution in [0.1, 0.15) is 27.7 Å². The number of carbonyl (C=O) groups is 1. The molecule has 5 rings (SSSR count). The zero-order chi connectivity index (χ0) is 22.2. The van der Waals surface area contributed by atoms with Crippen LogP contribution in [-0.4, -0.2) is 41.9 Å². The van der Waals surface area contributed by atoms with Gasteiger partial charge in [0.2, 0.25) is 0 Å². The third kappa shape index (κ3) is 3.41. The van der Waals surface area contributed by atoms with E-state index in [0.29, 0.717) is 31.9 Å². The van der Waals surface area contributed by atoms with Crippen LogP contribution in [0.4, 0.5) is 4.39 Å². The number of fused-ring (bicyclic) bond motifs is 3. The fraction of sp³-hybridized carbons (Fsp3) is 0.231. The van der Waals surface area contributed by atoms with Gasteiger partial charge in [-0.2, -0.15) is 5.26 Å². The Bertz CT molecular complexity index is 1350. The highest BCUT2D eigenvalue weighted by molar-refractivity contribution is 6.08. The maximum Gasteiger partial charge on any atom is 0.289 e. The van der Waals surface area contributed by atoms with E-state index in [1.165, 1.54) is 12.1 Å². The Morgan fingerprint density at radius 2 is 1.72 bits per heavy atom. The van der Waals surface area contributed by atoms with E-state index in [1.54, 1.807) is 17.0 Å². The molecule has 1 aliphatic rings. The molecule has 1 atom stereocenters. The summed E-state index contributed by atoms with van der Waals surface area (Å²) < 4.78 is 19.4. The number of halogens is 1. The van der Waals surface area contributed by atoms with Gasteiger partial charge in [-0.05, 0) is 30.0 Å². The Hall–Kier alpha value is -3.69. The summed E-state index contributed by atoms with van der Waals surface area (Å²) in [5.41, 5.74) is 2.34. The first-order valence-corrected chi connectivity index (χ1v) is 10.7. The number of nitriles is 1. The molecule has 3 aromatic carbocycles. The number of piperazine rings is 1. The standard InChI is InChI=1S/C26H22FN3O2/c1-17-21-11-8-18-4-2-3-5-22(18)25(21)32-24(17)26(31)30-14-12-29(13-15-30)23(16-28)19-6-9-20(27)10-7-19/h2-11,23H,12-15H2,1H3. The third-order valence-electron chi connectivity index (χ3n) is 6.30. The second-order valence-corrected chi connectivity index (χ2v) is 8.13. The lowest BCUT2D eigenvalue weighted by Gasteiger charge is -2.36. The molecule has 1 aromatic heterocycles. The van der Waals surface area contributed by atoms with Gasteiger partial charge >= 0.3 is 0 Å². The summed E-state index contributed by atoms with van der Waals surface area (Å²) >= 11 is 0. The molecule has 160 valence electrons. The van der Waals surface area contributed by atoms with Crippen molar-refractivity contribution < 1.29 is 13.6 Å². The Morgan fingerprint density at radius 3 is 2.44 bits per heavy atom. The van der Waals surface area contributed by atoms with Crippen LogP contribution < -0.4 is 0 Å². The maximum absolute atomic E-state index is 13.3. The van der Waals surface area contributed by atoms with Gasteiger partial charge in [-0.3, -0.25) is 9.69 Å². The lowest BCUT2D eigenvalue weighted by Crippen LogP contribution is -2.49. The van der Waals surface area contributed by atoms with Crippen molar-refractivity contribution in [2.45, 2.75) is 13.0 Å². The van der Waals surface area contributed by atoms with Gasteiger partial charge in [0.05, 0.1) is 6.07 Å². The van der Waals surface area contributed by atoms with Crippen LogP contribution in [0.2, 0.25) is 0 Å². The van der Waals surface area contributed by atoms with E-state index in [1.807, 2.05) is 48.2 Å². The summed E-state index contributed by atoms with van der Waals surface area (Å²) in [5.74, 6) is -0.0762. The fourth-order valence-electron chi connectivity index (χ4n) is 4.49. The van der Waals surface area contributed by atoms with Gasteiger partial charge in [-0.25, -0.2) is 4.39 Å². The van der Waals surface area contributed by atoms with Crippen LogP contribution in [0, 0.1) is 24.1 Å². The van der Waals surface area contributed by atoms with Gasteiger partial charge in [0.25, 0.3) is 5.91 Å². The number of furan rings is 1. The average molecular weight is 427 g/mol. The SMILES string of the molecule is Cc1c(C(=O)N2CCN(C(C#N)c3ccc(F)cc3)CC2)oc2c1ccc1ccccc12. The molecule has 1 aliphatic heterocycles. The predicted octanol–water partition coefficient (Wildman–Crippen LogP) is 5.06. The second-order valence-electron chi connectivity index (χ2n) is 8.13. The number of aryl methyl sites for hydroxylation is 1. The molecule has 32 heavy (non-hydrogen) atoms. The first-order chi connectivity index (χ1) is 15.6. The highest BCUT2D eigenvalue weighted by Gasteiger charge is 2.30. The summed E-state index contributed by atoms with van der Waals surface area (Å²) in [5, 5.41) is 12.7. The Labute approximate surface area is 185 Å². The molecule has 0 N–H and O–H groups in total. The highest BCUT2D eigenvalue weighted by Crippen LogP contribution is 2.32. The second kappa shape index (κ2) is 8.10. The van der Waals surface area contributed by atoms with E-state index in [-0.39, 0.29) is 11.7 Å². The Kier molecular flexibility index (Phi) is 5.12. The first-order valence-electron chi connectivity index (χ1n) is 10.7. The molecule has 1 unspecified atom stereocenters. The Morgan fingerprint density at radius 1 is 1.00 bits per heavy atom. The third-order valence-corrected chi connectivity index (χ3v) is 6.30. The lowest BCUT2D eigenvalue weighted by atomic mass is 10.0. The number of carbonyl (C=O) groups excluding carboxylic acids is 1. The summed E-state index contributed by atoms with van der Waals surface area (Å²) in [4.78, 5) is 17.1. The molecule has 1 amide bonds. The molecular weight excluding hydrogens is 405 g/mol. The van der Waals surface area contributed by atoms with Crippen LogP contribution in [0.15, 0.2) is 65.1 Å².